The Kier molecular flexibility index (Phi) is 4.98. The van der Waals surface area contributed by atoms with Gasteiger partial charge >= 0.3 is 0 Å². The van der Waals surface area contributed by atoms with E-state index in [1.807, 2.05) is 0 Å². The Bertz CT molecular complexity index is 501. The van der Waals surface area contributed by atoms with E-state index in [-0.39, 0.29) is 11.5 Å². The van der Waals surface area contributed by atoms with Gasteiger partial charge in [0.1, 0.15) is 0 Å². The quantitative estimate of drug-likeness (QED) is 0.870. The highest BCUT2D eigenvalue weighted by Gasteiger charge is 2.15. The van der Waals surface area contributed by atoms with Gasteiger partial charge in [0.15, 0.2) is 9.84 Å². The number of rotatable bonds is 5. The zero-order valence-electron chi connectivity index (χ0n) is 12.1. The minimum absolute atomic E-state index is 0.0783. The van der Waals surface area contributed by atoms with Crippen molar-refractivity contribution in [3.63, 3.8) is 0 Å². The largest absolute Gasteiger partial charge is 0.383 e. The number of nitrogens with two attached hydrogens (primary N) is 1. The van der Waals surface area contributed by atoms with Crippen LogP contribution in [0.25, 0.3) is 0 Å². The first kappa shape index (κ1) is 16.0. The van der Waals surface area contributed by atoms with Crippen molar-refractivity contribution in [2.75, 3.05) is 18.1 Å². The minimum atomic E-state index is -3.13. The molecule has 0 amide bonds. The summed E-state index contributed by atoms with van der Waals surface area (Å²) in [5.41, 5.74) is 7.14. The van der Waals surface area contributed by atoms with Crippen LogP contribution in [0, 0.1) is 5.41 Å². The topological polar surface area (TPSA) is 72.2 Å². The smallest absolute Gasteiger partial charge is 0.175 e. The number of nitrogens with one attached hydrogen (secondary N) is 1. The molecule has 3 N–H and O–H groups in total. The maximum Gasteiger partial charge on any atom is 0.175 e. The molecule has 0 aliphatic carbocycles. The molecule has 0 radical (unpaired) electrons. The van der Waals surface area contributed by atoms with E-state index in [4.69, 9.17) is 5.73 Å². The first-order chi connectivity index (χ1) is 8.58. The molecule has 0 aliphatic heterocycles. The molecule has 0 aromatic heterocycles. The summed E-state index contributed by atoms with van der Waals surface area (Å²) >= 11 is 0. The molecule has 0 bridgehead atoms. The van der Waals surface area contributed by atoms with Crippen LogP contribution in [0.4, 0.5) is 5.69 Å². The van der Waals surface area contributed by atoms with Crippen molar-refractivity contribution in [3.05, 3.63) is 24.3 Å². The van der Waals surface area contributed by atoms with Crippen LogP contribution in [0.1, 0.15) is 27.2 Å². The summed E-state index contributed by atoms with van der Waals surface area (Å²) in [6, 6.07) is 6.81. The first-order valence-electron chi connectivity index (χ1n) is 6.37. The average molecular weight is 284 g/mol. The minimum Gasteiger partial charge on any atom is -0.383 e. The van der Waals surface area contributed by atoms with E-state index in [0.717, 1.165) is 12.1 Å². The lowest BCUT2D eigenvalue weighted by Gasteiger charge is -2.23. The molecule has 5 heteroatoms. The van der Waals surface area contributed by atoms with Crippen LogP contribution in [0.2, 0.25) is 0 Å². The van der Waals surface area contributed by atoms with Crippen LogP contribution < -0.4 is 11.1 Å². The lowest BCUT2D eigenvalue weighted by molar-refractivity contribution is 0.345. The van der Waals surface area contributed by atoms with Gasteiger partial charge in [-0.3, -0.25) is 0 Å². The molecule has 0 aliphatic rings. The molecule has 1 aromatic carbocycles. The van der Waals surface area contributed by atoms with Crippen LogP contribution in [0.3, 0.4) is 0 Å². The highest BCUT2D eigenvalue weighted by molar-refractivity contribution is 7.90. The highest BCUT2D eigenvalue weighted by Crippen LogP contribution is 2.20. The third-order valence-corrected chi connectivity index (χ3v) is 3.85. The summed E-state index contributed by atoms with van der Waals surface area (Å²) in [6.07, 6.45) is 2.14. The molecule has 1 atom stereocenters. The Morgan fingerprint density at radius 1 is 1.21 bits per heavy atom. The Morgan fingerprint density at radius 2 is 1.74 bits per heavy atom. The number of hydrogen-bond acceptors (Lipinski definition) is 4. The van der Waals surface area contributed by atoms with E-state index < -0.39 is 9.84 Å². The maximum atomic E-state index is 11.3. The lowest BCUT2D eigenvalue weighted by Crippen LogP contribution is -2.33. The molecule has 0 spiro atoms. The van der Waals surface area contributed by atoms with Crippen molar-refractivity contribution in [1.29, 1.82) is 0 Å². The summed E-state index contributed by atoms with van der Waals surface area (Å²) in [7, 11) is -3.13. The van der Waals surface area contributed by atoms with Crippen molar-refractivity contribution < 1.29 is 8.42 Å². The predicted molar refractivity (Wildman–Crippen MR) is 80.1 cm³/mol. The van der Waals surface area contributed by atoms with E-state index in [9.17, 15) is 8.42 Å². The third kappa shape index (κ3) is 6.07. The van der Waals surface area contributed by atoms with Crippen LogP contribution in [-0.2, 0) is 9.84 Å². The molecule has 0 saturated carbocycles. The van der Waals surface area contributed by atoms with Crippen LogP contribution in [-0.4, -0.2) is 27.3 Å². The zero-order chi connectivity index (χ0) is 14.7. The number of benzene rings is 1. The van der Waals surface area contributed by atoms with Crippen molar-refractivity contribution >= 4 is 15.5 Å². The van der Waals surface area contributed by atoms with Crippen molar-refractivity contribution in [1.82, 2.24) is 0 Å². The van der Waals surface area contributed by atoms with Gasteiger partial charge in [-0.15, -0.1) is 0 Å². The summed E-state index contributed by atoms with van der Waals surface area (Å²) in [5.74, 6) is 0. The number of anilines is 1. The molecule has 1 unspecified atom stereocenters. The lowest BCUT2D eigenvalue weighted by atomic mass is 9.88. The molecule has 108 valence electrons. The molecule has 19 heavy (non-hydrogen) atoms. The Morgan fingerprint density at radius 3 is 2.16 bits per heavy atom. The van der Waals surface area contributed by atoms with Crippen molar-refractivity contribution in [2.45, 2.75) is 38.1 Å². The molecule has 0 heterocycles. The molecule has 0 fully saturated rings. The maximum absolute atomic E-state index is 11.3. The normalized spacial score (nSPS) is 14.2. The van der Waals surface area contributed by atoms with E-state index in [1.165, 1.54) is 6.26 Å². The monoisotopic (exact) mass is 284 g/mol. The van der Waals surface area contributed by atoms with E-state index >= 15 is 0 Å². The van der Waals surface area contributed by atoms with Gasteiger partial charge in [-0.05, 0) is 36.1 Å². The summed E-state index contributed by atoms with van der Waals surface area (Å²) in [5, 5.41) is 3.23. The highest BCUT2D eigenvalue weighted by atomic mass is 32.2. The fourth-order valence-electron chi connectivity index (χ4n) is 1.93. The summed E-state index contributed by atoms with van der Waals surface area (Å²) in [6.45, 7) is 7.16. The van der Waals surface area contributed by atoms with Crippen molar-refractivity contribution in [2.24, 2.45) is 11.1 Å². The van der Waals surface area contributed by atoms with Gasteiger partial charge in [0, 0.05) is 24.5 Å². The standard InChI is InChI=1S/C14H24N2O2S/c1-14(2,3)9-11(15)10-16-12-5-7-13(8-6-12)19(4,17)18/h5-8,11,16H,9-10,15H2,1-4H3. The number of hydrogen-bond donors (Lipinski definition) is 2. The van der Waals surface area contributed by atoms with Gasteiger partial charge in [-0.1, -0.05) is 20.8 Å². The van der Waals surface area contributed by atoms with Gasteiger partial charge in [0.2, 0.25) is 0 Å². The third-order valence-electron chi connectivity index (χ3n) is 2.73. The number of sulfone groups is 1. The molecule has 4 nitrogen and oxygen atoms in total. The predicted octanol–water partition coefficient (Wildman–Crippen LogP) is 2.27. The van der Waals surface area contributed by atoms with Gasteiger partial charge in [0.25, 0.3) is 0 Å². The van der Waals surface area contributed by atoms with Crippen LogP contribution in [0.15, 0.2) is 29.2 Å². The SMILES string of the molecule is CC(C)(C)CC(N)CNc1ccc(S(C)(=O)=O)cc1. The molecular weight excluding hydrogens is 260 g/mol. The Balaban J connectivity index is 2.55. The molecule has 1 rings (SSSR count). The second kappa shape index (κ2) is 5.92. The summed E-state index contributed by atoms with van der Waals surface area (Å²) in [4.78, 5) is 0.331. The molecular formula is C14H24N2O2S. The van der Waals surface area contributed by atoms with E-state index in [2.05, 4.69) is 26.1 Å². The molecule has 0 saturated heterocycles. The van der Waals surface area contributed by atoms with Gasteiger partial charge < -0.3 is 11.1 Å². The van der Waals surface area contributed by atoms with Crippen molar-refractivity contribution in [3.8, 4) is 0 Å². The Hall–Kier alpha value is -1.07. The van der Waals surface area contributed by atoms with Crippen LogP contribution in [0.5, 0.6) is 0 Å². The van der Waals surface area contributed by atoms with Gasteiger partial charge in [0.05, 0.1) is 4.90 Å². The fourth-order valence-corrected chi connectivity index (χ4v) is 2.56. The second-order valence-electron chi connectivity index (χ2n) is 6.20. The van der Waals surface area contributed by atoms with Gasteiger partial charge in [-0.25, -0.2) is 8.42 Å². The van der Waals surface area contributed by atoms with Gasteiger partial charge in [-0.2, -0.15) is 0 Å². The fraction of sp³-hybridized carbons (Fsp3) is 0.571. The summed E-state index contributed by atoms with van der Waals surface area (Å²) < 4.78 is 22.7. The molecule has 1 aromatic rings. The van der Waals surface area contributed by atoms with Crippen LogP contribution >= 0.6 is 0 Å². The zero-order valence-corrected chi connectivity index (χ0v) is 12.9. The average Bonchev–Trinajstić information content (AvgIpc) is 2.23. The first-order valence-corrected chi connectivity index (χ1v) is 8.27. The second-order valence-corrected chi connectivity index (χ2v) is 8.22. The van der Waals surface area contributed by atoms with E-state index in [0.29, 0.717) is 11.4 Å². The van der Waals surface area contributed by atoms with E-state index in [1.54, 1.807) is 24.3 Å². The Labute approximate surface area is 116 Å².